The summed E-state index contributed by atoms with van der Waals surface area (Å²) in [5, 5.41) is 35.6. The zero-order valence-electron chi connectivity index (χ0n) is 25.7. The molecule has 6 bridgehead atoms. The number of carboxylic acids is 3. The van der Waals surface area contributed by atoms with Crippen LogP contribution < -0.4 is 21.3 Å². The summed E-state index contributed by atoms with van der Waals surface area (Å²) >= 11 is 6.36. The first-order chi connectivity index (χ1) is 23.6. The average Bonchev–Trinajstić information content (AvgIpc) is 3.54. The minimum Gasteiger partial charge on any atom is -0.475 e. The van der Waals surface area contributed by atoms with Crippen molar-refractivity contribution in [1.29, 1.82) is 0 Å². The van der Waals surface area contributed by atoms with Crippen LogP contribution in [0.2, 0.25) is 5.02 Å². The zero-order chi connectivity index (χ0) is 38.6. The number of benzene rings is 2. The van der Waals surface area contributed by atoms with Gasteiger partial charge in [0.05, 0.1) is 6.20 Å². The third kappa shape index (κ3) is 15.3. The summed E-state index contributed by atoms with van der Waals surface area (Å²) in [5.74, 6) is -7.16. The van der Waals surface area contributed by atoms with E-state index in [2.05, 4.69) is 67.6 Å². The molecule has 280 valence electrons. The Balaban J connectivity index is 0.000000352. The number of aliphatic carboxylic acids is 3. The van der Waals surface area contributed by atoms with Crippen molar-refractivity contribution in [2.75, 3.05) is 23.7 Å². The van der Waals surface area contributed by atoms with Gasteiger partial charge in [-0.25, -0.2) is 19.4 Å². The van der Waals surface area contributed by atoms with Crippen molar-refractivity contribution < 1.29 is 69.2 Å². The molecular formula is C29H28ClF9N6O6. The third-order valence-corrected chi connectivity index (χ3v) is 6.72. The van der Waals surface area contributed by atoms with E-state index >= 15 is 0 Å². The molecule has 1 aromatic heterocycles. The summed E-state index contributed by atoms with van der Waals surface area (Å²) in [5.41, 5.74) is 5.91. The molecule has 0 unspecified atom stereocenters. The van der Waals surface area contributed by atoms with E-state index in [1.807, 2.05) is 6.07 Å². The highest BCUT2D eigenvalue weighted by atomic mass is 35.5. The van der Waals surface area contributed by atoms with Crippen LogP contribution in [-0.4, -0.2) is 80.9 Å². The number of nitrogens with zero attached hydrogens (tertiary/aromatic N) is 2. The number of alkyl halides is 9. The highest BCUT2D eigenvalue weighted by Gasteiger charge is 2.39. The van der Waals surface area contributed by atoms with Gasteiger partial charge in [0, 0.05) is 30.5 Å². The molecule has 3 heterocycles. The van der Waals surface area contributed by atoms with Crippen LogP contribution in [0.1, 0.15) is 23.1 Å². The number of halogens is 10. The van der Waals surface area contributed by atoms with Crippen molar-refractivity contribution >= 4 is 52.6 Å². The van der Waals surface area contributed by atoms with E-state index in [9.17, 15) is 39.5 Å². The van der Waals surface area contributed by atoms with E-state index in [0.717, 1.165) is 43.9 Å². The van der Waals surface area contributed by atoms with Gasteiger partial charge >= 0.3 is 36.4 Å². The summed E-state index contributed by atoms with van der Waals surface area (Å²) in [4.78, 5) is 35.6. The largest absolute Gasteiger partial charge is 0.490 e. The fourth-order valence-corrected chi connectivity index (χ4v) is 4.19. The van der Waals surface area contributed by atoms with Gasteiger partial charge in [-0.15, -0.1) is 0 Å². The molecule has 22 heteroatoms. The summed E-state index contributed by atoms with van der Waals surface area (Å²) in [6.07, 6.45) is -10.5. The highest BCUT2D eigenvalue weighted by molar-refractivity contribution is 6.32. The standard InChI is InChI=1S/C23H25ClN6.3C2HF3O2/c24-21-14-27-23-29-18-3-1-2-15(10-18)4-5-16-11-19(28-22(21)30-23)7-6-17(16)12-26-20-8-9-25-13-20;3*3-2(4,5)1(6)7/h1-3,6-7,10-11,14,20,25-26H,4-5,8-9,12-13H2,(H2,27,28,29,30);3*(H,6,7)/t20-;;;/m0.../s1. The van der Waals surface area contributed by atoms with Crippen LogP contribution in [0.15, 0.2) is 48.7 Å². The van der Waals surface area contributed by atoms with E-state index in [-0.39, 0.29) is 0 Å². The average molecular weight is 763 g/mol. The maximum absolute atomic E-state index is 10.6. The molecule has 1 saturated heterocycles. The molecule has 0 saturated carbocycles. The maximum atomic E-state index is 10.6. The second-order valence-corrected chi connectivity index (χ2v) is 10.7. The molecule has 2 aromatic carbocycles. The quantitative estimate of drug-likeness (QED) is 0.153. The van der Waals surface area contributed by atoms with Gasteiger partial charge in [-0.1, -0.05) is 29.8 Å². The van der Waals surface area contributed by atoms with Crippen LogP contribution in [0.4, 0.5) is 62.7 Å². The van der Waals surface area contributed by atoms with Crippen LogP contribution in [0.25, 0.3) is 0 Å². The first-order valence-electron chi connectivity index (χ1n) is 14.2. The van der Waals surface area contributed by atoms with E-state index in [0.29, 0.717) is 22.8 Å². The lowest BCUT2D eigenvalue weighted by Gasteiger charge is -2.16. The normalized spacial score (nSPS) is 15.1. The van der Waals surface area contributed by atoms with Gasteiger partial charge in [-0.3, -0.25) is 0 Å². The number of carbonyl (C=O) groups is 3. The van der Waals surface area contributed by atoms with Crippen LogP contribution in [0, 0.1) is 0 Å². The van der Waals surface area contributed by atoms with Gasteiger partial charge in [-0.05, 0) is 66.8 Å². The monoisotopic (exact) mass is 762 g/mol. The van der Waals surface area contributed by atoms with Gasteiger partial charge in [-0.2, -0.15) is 44.5 Å². The van der Waals surface area contributed by atoms with E-state index < -0.39 is 36.4 Å². The van der Waals surface area contributed by atoms with Crippen LogP contribution in [-0.2, 0) is 33.8 Å². The number of hydrogen-bond donors (Lipinski definition) is 7. The molecule has 0 spiro atoms. The van der Waals surface area contributed by atoms with E-state index in [1.165, 1.54) is 23.1 Å². The molecule has 7 N–H and O–H groups in total. The summed E-state index contributed by atoms with van der Waals surface area (Å²) < 4.78 is 95.2. The number of nitrogens with one attached hydrogen (secondary N) is 4. The van der Waals surface area contributed by atoms with Gasteiger partial charge in [0.1, 0.15) is 5.02 Å². The first-order valence-corrected chi connectivity index (χ1v) is 14.6. The Morgan fingerprint density at radius 2 is 1.39 bits per heavy atom. The second kappa shape index (κ2) is 18.4. The Labute approximate surface area is 287 Å². The summed E-state index contributed by atoms with van der Waals surface area (Å²) in [6.45, 7) is 3.02. The lowest BCUT2D eigenvalue weighted by atomic mass is 9.98. The minimum atomic E-state index is -5.08. The van der Waals surface area contributed by atoms with Crippen LogP contribution in [0.3, 0.4) is 0 Å². The number of aromatic nitrogens is 2. The topological polar surface area (TPSA) is 186 Å². The highest BCUT2D eigenvalue weighted by Crippen LogP contribution is 2.28. The Morgan fingerprint density at radius 3 is 1.92 bits per heavy atom. The maximum Gasteiger partial charge on any atom is 0.490 e. The third-order valence-electron chi connectivity index (χ3n) is 6.45. The van der Waals surface area contributed by atoms with Crippen molar-refractivity contribution in [2.45, 2.75) is 50.4 Å². The number of fused-ring (bicyclic) bond motifs is 6. The Bertz CT molecular complexity index is 1600. The number of carboxylic acid groups (broad SMARTS) is 3. The van der Waals surface area contributed by atoms with Gasteiger partial charge in [0.15, 0.2) is 5.82 Å². The number of aryl methyl sites for hydroxylation is 2. The predicted octanol–water partition coefficient (Wildman–Crippen LogP) is 6.07. The van der Waals surface area contributed by atoms with E-state index in [1.54, 1.807) is 6.20 Å². The first kappa shape index (κ1) is 42.3. The fourth-order valence-electron chi connectivity index (χ4n) is 4.06. The van der Waals surface area contributed by atoms with Crippen LogP contribution in [0.5, 0.6) is 0 Å². The molecule has 1 atom stereocenters. The SMILES string of the molecule is Clc1cnc2nc1Nc1ccc(CN[C@H]3CCNC3)c(c1)CCc1cccc(c1)N2.O=C(O)C(F)(F)F.O=C(O)C(F)(F)F.O=C(O)C(F)(F)F. The van der Waals surface area contributed by atoms with Crippen molar-refractivity contribution in [3.63, 3.8) is 0 Å². The summed E-state index contributed by atoms with van der Waals surface area (Å²) in [7, 11) is 0. The molecule has 2 aliphatic rings. The zero-order valence-corrected chi connectivity index (χ0v) is 26.4. The minimum absolute atomic E-state index is 0.491. The van der Waals surface area contributed by atoms with Crippen molar-refractivity contribution in [1.82, 2.24) is 20.6 Å². The van der Waals surface area contributed by atoms with Gasteiger partial charge < -0.3 is 36.6 Å². The number of rotatable bonds is 3. The lowest BCUT2D eigenvalue weighted by molar-refractivity contribution is -0.193. The predicted molar refractivity (Wildman–Crippen MR) is 163 cm³/mol. The van der Waals surface area contributed by atoms with Crippen LogP contribution >= 0.6 is 11.6 Å². The molecule has 51 heavy (non-hydrogen) atoms. The molecule has 12 nitrogen and oxygen atoms in total. The molecule has 0 aliphatic carbocycles. The summed E-state index contributed by atoms with van der Waals surface area (Å²) in [6, 6.07) is 15.5. The molecule has 5 rings (SSSR count). The smallest absolute Gasteiger partial charge is 0.475 e. The molecular weight excluding hydrogens is 735 g/mol. The molecule has 3 aromatic rings. The van der Waals surface area contributed by atoms with Crippen molar-refractivity contribution in [3.8, 4) is 0 Å². The molecule has 2 aliphatic heterocycles. The Hall–Kier alpha value is -4.89. The number of hydrogen-bond acceptors (Lipinski definition) is 9. The van der Waals surface area contributed by atoms with Gasteiger partial charge in [0.25, 0.3) is 0 Å². The lowest BCUT2D eigenvalue weighted by Crippen LogP contribution is -2.30. The molecule has 1 fully saturated rings. The Kier molecular flexibility index (Phi) is 15.2. The molecule has 0 radical (unpaired) electrons. The van der Waals surface area contributed by atoms with Gasteiger partial charge in [0.2, 0.25) is 5.95 Å². The number of anilines is 4. The second-order valence-electron chi connectivity index (χ2n) is 10.3. The van der Waals surface area contributed by atoms with E-state index in [4.69, 9.17) is 41.3 Å². The van der Waals surface area contributed by atoms with Crippen molar-refractivity contribution in [2.24, 2.45) is 0 Å². The molecule has 0 amide bonds. The fraction of sp³-hybridized carbons (Fsp3) is 0.345. The Morgan fingerprint density at radius 1 is 0.824 bits per heavy atom. The van der Waals surface area contributed by atoms with Crippen molar-refractivity contribution in [3.05, 3.63) is 70.4 Å².